The SMILES string of the molecule is CC1(C)C(=O)NCCN1Cc1nc(Cl)c2ccsc2n1. The number of hydrogen-bond donors (Lipinski definition) is 1. The highest BCUT2D eigenvalue weighted by Gasteiger charge is 2.37. The number of hydrogen-bond acceptors (Lipinski definition) is 5. The van der Waals surface area contributed by atoms with E-state index in [1.165, 1.54) is 0 Å². The van der Waals surface area contributed by atoms with Crippen molar-refractivity contribution in [3.05, 3.63) is 22.4 Å². The van der Waals surface area contributed by atoms with Crippen molar-refractivity contribution in [3.8, 4) is 0 Å². The maximum absolute atomic E-state index is 11.9. The van der Waals surface area contributed by atoms with Crippen LogP contribution >= 0.6 is 22.9 Å². The van der Waals surface area contributed by atoms with Crippen molar-refractivity contribution < 1.29 is 4.79 Å². The molecule has 1 N–H and O–H groups in total. The van der Waals surface area contributed by atoms with Crippen LogP contribution in [0.2, 0.25) is 5.15 Å². The van der Waals surface area contributed by atoms with Gasteiger partial charge in [-0.2, -0.15) is 0 Å². The Hall–Kier alpha value is -1.24. The molecule has 0 unspecified atom stereocenters. The summed E-state index contributed by atoms with van der Waals surface area (Å²) in [7, 11) is 0. The number of piperazine rings is 1. The van der Waals surface area contributed by atoms with Crippen LogP contribution in [0.3, 0.4) is 0 Å². The minimum Gasteiger partial charge on any atom is -0.353 e. The first-order valence-electron chi connectivity index (χ1n) is 6.41. The maximum Gasteiger partial charge on any atom is 0.240 e. The molecular formula is C13H15ClN4OS. The highest BCUT2D eigenvalue weighted by Crippen LogP contribution is 2.26. The molecule has 3 heterocycles. The summed E-state index contributed by atoms with van der Waals surface area (Å²) in [6.07, 6.45) is 0. The van der Waals surface area contributed by atoms with E-state index in [2.05, 4.69) is 20.2 Å². The molecule has 0 atom stereocenters. The lowest BCUT2D eigenvalue weighted by Crippen LogP contribution is -2.61. The van der Waals surface area contributed by atoms with Crippen molar-refractivity contribution in [2.45, 2.75) is 25.9 Å². The highest BCUT2D eigenvalue weighted by atomic mass is 35.5. The quantitative estimate of drug-likeness (QED) is 0.863. The molecule has 0 spiro atoms. The fraction of sp³-hybridized carbons (Fsp3) is 0.462. The number of nitrogens with one attached hydrogen (secondary N) is 1. The lowest BCUT2D eigenvalue weighted by atomic mass is 9.99. The summed E-state index contributed by atoms with van der Waals surface area (Å²) in [6, 6.07) is 1.92. The minimum absolute atomic E-state index is 0.0343. The molecule has 5 nitrogen and oxygen atoms in total. The molecule has 1 amide bonds. The molecule has 1 aliphatic rings. The van der Waals surface area contributed by atoms with Crippen LogP contribution in [0, 0.1) is 0 Å². The first-order valence-corrected chi connectivity index (χ1v) is 7.67. The van der Waals surface area contributed by atoms with Crippen molar-refractivity contribution in [1.29, 1.82) is 0 Å². The number of nitrogens with zero attached hydrogens (tertiary/aromatic N) is 3. The first-order chi connectivity index (χ1) is 9.48. The van der Waals surface area contributed by atoms with Gasteiger partial charge in [0.25, 0.3) is 0 Å². The van der Waals surface area contributed by atoms with Crippen molar-refractivity contribution >= 4 is 39.1 Å². The van der Waals surface area contributed by atoms with Gasteiger partial charge in [-0.05, 0) is 25.3 Å². The van der Waals surface area contributed by atoms with Gasteiger partial charge < -0.3 is 5.32 Å². The number of fused-ring (bicyclic) bond motifs is 1. The molecule has 0 saturated carbocycles. The zero-order valence-electron chi connectivity index (χ0n) is 11.3. The molecule has 0 bridgehead atoms. The van der Waals surface area contributed by atoms with Crippen LogP contribution in [-0.2, 0) is 11.3 Å². The number of aromatic nitrogens is 2. The molecular weight excluding hydrogens is 296 g/mol. The Labute approximate surface area is 126 Å². The van der Waals surface area contributed by atoms with Crippen LogP contribution < -0.4 is 5.32 Å². The molecule has 1 fully saturated rings. The van der Waals surface area contributed by atoms with Gasteiger partial charge in [-0.3, -0.25) is 9.69 Å². The molecule has 0 radical (unpaired) electrons. The Kier molecular flexibility index (Phi) is 3.40. The molecule has 2 aromatic rings. The first kappa shape index (κ1) is 13.7. The maximum atomic E-state index is 11.9. The van der Waals surface area contributed by atoms with Crippen LogP contribution in [0.1, 0.15) is 19.7 Å². The zero-order valence-corrected chi connectivity index (χ0v) is 12.9. The van der Waals surface area contributed by atoms with Crippen molar-refractivity contribution in [3.63, 3.8) is 0 Å². The summed E-state index contributed by atoms with van der Waals surface area (Å²) in [4.78, 5) is 23.8. The molecule has 106 valence electrons. The van der Waals surface area contributed by atoms with E-state index in [0.29, 0.717) is 24.1 Å². The van der Waals surface area contributed by atoms with Gasteiger partial charge in [0.05, 0.1) is 12.1 Å². The molecule has 3 rings (SSSR count). The van der Waals surface area contributed by atoms with E-state index in [1.807, 2.05) is 25.3 Å². The van der Waals surface area contributed by atoms with E-state index in [-0.39, 0.29) is 5.91 Å². The number of carbonyl (C=O) groups excluding carboxylic acids is 1. The summed E-state index contributed by atoms with van der Waals surface area (Å²) < 4.78 is 0. The second-order valence-corrected chi connectivity index (χ2v) is 6.56. The van der Waals surface area contributed by atoms with Crippen LogP contribution in [0.25, 0.3) is 10.2 Å². The van der Waals surface area contributed by atoms with Gasteiger partial charge in [-0.15, -0.1) is 11.3 Å². The lowest BCUT2D eigenvalue weighted by molar-refractivity contribution is -0.135. The second-order valence-electron chi connectivity index (χ2n) is 5.31. The van der Waals surface area contributed by atoms with Gasteiger partial charge in [-0.25, -0.2) is 9.97 Å². The predicted octanol–water partition coefficient (Wildman–Crippen LogP) is 2.06. The summed E-state index contributed by atoms with van der Waals surface area (Å²) in [6.45, 7) is 5.77. The van der Waals surface area contributed by atoms with Gasteiger partial charge in [0.1, 0.15) is 15.8 Å². The van der Waals surface area contributed by atoms with E-state index >= 15 is 0 Å². The van der Waals surface area contributed by atoms with Gasteiger partial charge >= 0.3 is 0 Å². The smallest absolute Gasteiger partial charge is 0.240 e. The van der Waals surface area contributed by atoms with Crippen LogP contribution in [0.4, 0.5) is 0 Å². The summed E-state index contributed by atoms with van der Waals surface area (Å²) in [5.74, 6) is 0.694. The summed E-state index contributed by atoms with van der Waals surface area (Å²) in [5, 5.41) is 6.19. The zero-order chi connectivity index (χ0) is 14.3. The normalized spacial score (nSPS) is 19.2. The average Bonchev–Trinajstić information content (AvgIpc) is 2.84. The Morgan fingerprint density at radius 3 is 3.10 bits per heavy atom. The number of amides is 1. The monoisotopic (exact) mass is 310 g/mol. The molecule has 0 aromatic carbocycles. The fourth-order valence-electron chi connectivity index (χ4n) is 2.32. The molecule has 0 aliphatic carbocycles. The van der Waals surface area contributed by atoms with Gasteiger partial charge in [0.15, 0.2) is 0 Å². The number of thiophene rings is 1. The second kappa shape index (κ2) is 4.95. The number of carbonyl (C=O) groups is 1. The van der Waals surface area contributed by atoms with E-state index in [1.54, 1.807) is 11.3 Å². The Morgan fingerprint density at radius 1 is 1.50 bits per heavy atom. The van der Waals surface area contributed by atoms with E-state index in [0.717, 1.165) is 16.8 Å². The minimum atomic E-state index is -0.557. The Morgan fingerprint density at radius 2 is 2.30 bits per heavy atom. The van der Waals surface area contributed by atoms with Gasteiger partial charge in [-0.1, -0.05) is 11.6 Å². The molecule has 20 heavy (non-hydrogen) atoms. The Balaban J connectivity index is 1.90. The van der Waals surface area contributed by atoms with Crippen LogP contribution in [0.15, 0.2) is 11.4 Å². The van der Waals surface area contributed by atoms with Crippen LogP contribution in [-0.4, -0.2) is 39.4 Å². The van der Waals surface area contributed by atoms with Crippen molar-refractivity contribution in [1.82, 2.24) is 20.2 Å². The number of halogens is 1. The third kappa shape index (κ3) is 2.28. The predicted molar refractivity (Wildman–Crippen MR) is 79.9 cm³/mol. The molecule has 1 saturated heterocycles. The van der Waals surface area contributed by atoms with Gasteiger partial charge in [0.2, 0.25) is 5.91 Å². The van der Waals surface area contributed by atoms with Gasteiger partial charge in [0, 0.05) is 18.5 Å². The lowest BCUT2D eigenvalue weighted by Gasteiger charge is -2.40. The topological polar surface area (TPSA) is 58.1 Å². The third-order valence-electron chi connectivity index (χ3n) is 3.67. The standard InChI is InChI=1S/C13H15ClN4OS/c1-13(2)12(19)15-4-5-18(13)7-9-16-10(14)8-3-6-20-11(8)17-9/h3,6H,4-5,7H2,1-2H3,(H,15,19). The van der Waals surface area contributed by atoms with Crippen molar-refractivity contribution in [2.24, 2.45) is 0 Å². The fourth-order valence-corrected chi connectivity index (χ4v) is 3.41. The van der Waals surface area contributed by atoms with E-state index in [9.17, 15) is 4.79 Å². The Bertz CT molecular complexity index is 669. The third-order valence-corrected chi connectivity index (χ3v) is 4.77. The van der Waals surface area contributed by atoms with E-state index < -0.39 is 5.54 Å². The van der Waals surface area contributed by atoms with Crippen molar-refractivity contribution in [2.75, 3.05) is 13.1 Å². The van der Waals surface area contributed by atoms with Crippen LogP contribution in [0.5, 0.6) is 0 Å². The average molecular weight is 311 g/mol. The summed E-state index contributed by atoms with van der Waals surface area (Å²) in [5.41, 5.74) is -0.557. The molecule has 2 aromatic heterocycles. The molecule has 1 aliphatic heterocycles. The molecule has 7 heteroatoms. The van der Waals surface area contributed by atoms with E-state index in [4.69, 9.17) is 11.6 Å². The summed E-state index contributed by atoms with van der Waals surface area (Å²) >= 11 is 7.72. The number of rotatable bonds is 2. The highest BCUT2D eigenvalue weighted by molar-refractivity contribution is 7.16. The largest absolute Gasteiger partial charge is 0.353 e.